The molecule has 2 unspecified atom stereocenters. The average molecular weight is 279 g/mol. The van der Waals surface area contributed by atoms with Crippen LogP contribution < -0.4 is 0 Å². The maximum Gasteiger partial charge on any atom is 0.0400 e. The molecule has 0 spiro atoms. The highest BCUT2D eigenvalue weighted by Crippen LogP contribution is 2.39. The molecule has 16 heavy (non-hydrogen) atoms. The Balaban J connectivity index is 2.05. The van der Waals surface area contributed by atoms with Crippen LogP contribution in [0, 0.1) is 5.92 Å². The van der Waals surface area contributed by atoms with Gasteiger partial charge in [0, 0.05) is 4.83 Å². The molecule has 0 amide bonds. The number of aryl methyl sites for hydroxylation is 3. The van der Waals surface area contributed by atoms with Gasteiger partial charge in [0.05, 0.1) is 0 Å². The number of alkyl halides is 1. The van der Waals surface area contributed by atoms with Crippen molar-refractivity contribution < 1.29 is 0 Å². The molecule has 0 N–H and O–H groups in total. The van der Waals surface area contributed by atoms with E-state index in [2.05, 4.69) is 35.0 Å². The predicted molar refractivity (Wildman–Crippen MR) is 72.2 cm³/mol. The maximum absolute atomic E-state index is 3.89. The molecular weight excluding hydrogens is 260 g/mol. The fourth-order valence-corrected chi connectivity index (χ4v) is 4.27. The van der Waals surface area contributed by atoms with Gasteiger partial charge in [0.15, 0.2) is 0 Å². The summed E-state index contributed by atoms with van der Waals surface area (Å²) in [5, 5.41) is 0. The highest BCUT2D eigenvalue weighted by Gasteiger charge is 2.23. The second-order valence-corrected chi connectivity index (χ2v) is 6.63. The van der Waals surface area contributed by atoms with Gasteiger partial charge in [0.25, 0.3) is 0 Å². The zero-order chi connectivity index (χ0) is 11.1. The van der Waals surface area contributed by atoms with Gasteiger partial charge in [-0.1, -0.05) is 35.0 Å². The van der Waals surface area contributed by atoms with Crippen molar-refractivity contribution >= 4 is 15.9 Å². The molecule has 1 aromatic rings. The molecule has 0 fully saturated rings. The SMILES string of the molecule is CC1CCc2cc3c(cc2C(Br)C1)CCC3. The number of halogens is 1. The van der Waals surface area contributed by atoms with Crippen LogP contribution in [0.4, 0.5) is 0 Å². The Morgan fingerprint density at radius 2 is 1.81 bits per heavy atom. The van der Waals surface area contributed by atoms with Gasteiger partial charge in [0.2, 0.25) is 0 Å². The molecule has 0 nitrogen and oxygen atoms in total. The largest absolute Gasteiger partial charge is 0.0839 e. The second kappa shape index (κ2) is 4.18. The van der Waals surface area contributed by atoms with Gasteiger partial charge in [-0.05, 0) is 66.7 Å². The first-order valence-corrected chi connectivity index (χ1v) is 7.44. The molecule has 0 radical (unpaired) electrons. The lowest BCUT2D eigenvalue weighted by Crippen LogP contribution is -1.97. The van der Waals surface area contributed by atoms with Crippen molar-refractivity contribution in [3.8, 4) is 0 Å². The van der Waals surface area contributed by atoms with Crippen LogP contribution in [0.15, 0.2) is 12.1 Å². The van der Waals surface area contributed by atoms with Crippen molar-refractivity contribution in [1.29, 1.82) is 0 Å². The summed E-state index contributed by atoms with van der Waals surface area (Å²) in [6.07, 6.45) is 7.91. The summed E-state index contributed by atoms with van der Waals surface area (Å²) in [7, 11) is 0. The van der Waals surface area contributed by atoms with Crippen LogP contribution in [0.2, 0.25) is 0 Å². The van der Waals surface area contributed by atoms with E-state index in [1.807, 2.05) is 0 Å². The average Bonchev–Trinajstić information content (AvgIpc) is 2.66. The molecule has 0 bridgehead atoms. The van der Waals surface area contributed by atoms with E-state index in [1.54, 1.807) is 22.3 Å². The van der Waals surface area contributed by atoms with Gasteiger partial charge in [0.1, 0.15) is 0 Å². The number of rotatable bonds is 0. The highest BCUT2D eigenvalue weighted by atomic mass is 79.9. The molecular formula is C15H19Br. The molecule has 0 saturated heterocycles. The highest BCUT2D eigenvalue weighted by molar-refractivity contribution is 9.09. The third-order valence-corrected chi connectivity index (χ3v) is 5.07. The molecule has 0 aromatic heterocycles. The Hall–Kier alpha value is -0.300. The molecule has 0 heterocycles. The molecule has 2 atom stereocenters. The first kappa shape index (κ1) is 10.8. The first-order chi connectivity index (χ1) is 7.74. The van der Waals surface area contributed by atoms with E-state index in [4.69, 9.17) is 0 Å². The lowest BCUT2D eigenvalue weighted by molar-refractivity contribution is 0.508. The van der Waals surface area contributed by atoms with Crippen LogP contribution in [-0.4, -0.2) is 0 Å². The molecule has 0 aliphatic heterocycles. The van der Waals surface area contributed by atoms with E-state index in [0.717, 1.165) is 5.92 Å². The molecule has 86 valence electrons. The Morgan fingerprint density at radius 3 is 2.62 bits per heavy atom. The van der Waals surface area contributed by atoms with E-state index >= 15 is 0 Å². The van der Waals surface area contributed by atoms with Crippen LogP contribution >= 0.6 is 15.9 Å². The molecule has 1 heteroatoms. The zero-order valence-electron chi connectivity index (χ0n) is 9.93. The van der Waals surface area contributed by atoms with Crippen molar-refractivity contribution in [3.05, 3.63) is 34.4 Å². The van der Waals surface area contributed by atoms with Gasteiger partial charge in [-0.3, -0.25) is 0 Å². The van der Waals surface area contributed by atoms with Gasteiger partial charge in [-0.15, -0.1) is 0 Å². The minimum absolute atomic E-state index is 0.589. The van der Waals surface area contributed by atoms with E-state index in [-0.39, 0.29) is 0 Å². The fraction of sp³-hybridized carbons (Fsp3) is 0.600. The Morgan fingerprint density at radius 1 is 1.06 bits per heavy atom. The van der Waals surface area contributed by atoms with Crippen molar-refractivity contribution in [2.75, 3.05) is 0 Å². The van der Waals surface area contributed by atoms with Crippen LogP contribution in [0.1, 0.15) is 53.3 Å². The third-order valence-electron chi connectivity index (χ3n) is 4.21. The van der Waals surface area contributed by atoms with E-state index in [1.165, 1.54) is 38.5 Å². The molecule has 1 aromatic carbocycles. The van der Waals surface area contributed by atoms with Crippen molar-refractivity contribution in [1.82, 2.24) is 0 Å². The van der Waals surface area contributed by atoms with Gasteiger partial charge in [-0.25, -0.2) is 0 Å². The lowest BCUT2D eigenvalue weighted by atomic mass is 9.97. The monoisotopic (exact) mass is 278 g/mol. The Kier molecular flexibility index (Phi) is 2.83. The van der Waals surface area contributed by atoms with Gasteiger partial charge >= 0.3 is 0 Å². The van der Waals surface area contributed by atoms with E-state index in [0.29, 0.717) is 4.83 Å². The quantitative estimate of drug-likeness (QED) is 0.481. The summed E-state index contributed by atoms with van der Waals surface area (Å²) in [5.41, 5.74) is 6.46. The van der Waals surface area contributed by atoms with Gasteiger partial charge in [-0.2, -0.15) is 0 Å². The second-order valence-electron chi connectivity index (χ2n) is 5.52. The van der Waals surface area contributed by atoms with E-state index in [9.17, 15) is 0 Å². The summed E-state index contributed by atoms with van der Waals surface area (Å²) in [5.74, 6) is 0.853. The number of hydrogen-bond acceptors (Lipinski definition) is 0. The van der Waals surface area contributed by atoms with Crippen molar-refractivity contribution in [3.63, 3.8) is 0 Å². The Labute approximate surface area is 107 Å². The molecule has 0 saturated carbocycles. The number of benzene rings is 1. The lowest BCUT2D eigenvalue weighted by Gasteiger charge is -2.14. The molecule has 2 aliphatic carbocycles. The zero-order valence-corrected chi connectivity index (χ0v) is 11.5. The summed E-state index contributed by atoms with van der Waals surface area (Å²) >= 11 is 3.89. The number of fused-ring (bicyclic) bond motifs is 2. The van der Waals surface area contributed by atoms with Crippen LogP contribution in [0.5, 0.6) is 0 Å². The summed E-state index contributed by atoms with van der Waals surface area (Å²) < 4.78 is 0. The Bertz CT molecular complexity index is 408. The third kappa shape index (κ3) is 1.84. The van der Waals surface area contributed by atoms with Crippen molar-refractivity contribution in [2.24, 2.45) is 5.92 Å². The smallest absolute Gasteiger partial charge is 0.0400 e. The standard InChI is InChI=1S/C15H19Br/c1-10-5-6-13-8-11-3-2-4-12(11)9-14(13)15(16)7-10/h8-10,15H,2-7H2,1H3. The van der Waals surface area contributed by atoms with Crippen LogP contribution in [0.3, 0.4) is 0 Å². The molecule has 2 aliphatic rings. The fourth-order valence-electron chi connectivity index (χ4n) is 3.20. The predicted octanol–water partition coefficient (Wildman–Crippen LogP) is 4.58. The summed E-state index contributed by atoms with van der Waals surface area (Å²) in [6.45, 7) is 2.38. The maximum atomic E-state index is 3.89. The first-order valence-electron chi connectivity index (χ1n) is 6.52. The van der Waals surface area contributed by atoms with Gasteiger partial charge < -0.3 is 0 Å². The van der Waals surface area contributed by atoms with E-state index < -0.39 is 0 Å². The minimum Gasteiger partial charge on any atom is -0.0839 e. The van der Waals surface area contributed by atoms with Crippen molar-refractivity contribution in [2.45, 2.75) is 50.3 Å². The topological polar surface area (TPSA) is 0 Å². The summed E-state index contributed by atoms with van der Waals surface area (Å²) in [6, 6.07) is 5.00. The minimum atomic E-state index is 0.589. The van der Waals surface area contributed by atoms with Crippen LogP contribution in [0.25, 0.3) is 0 Å². The normalized spacial score (nSPS) is 28.4. The summed E-state index contributed by atoms with van der Waals surface area (Å²) in [4.78, 5) is 0.589. The number of hydrogen-bond donors (Lipinski definition) is 0. The van der Waals surface area contributed by atoms with Crippen LogP contribution in [-0.2, 0) is 19.3 Å². The molecule has 3 rings (SSSR count).